The molecular formula is C19H17Cl2N7O3. The molecule has 1 aliphatic heterocycles. The van der Waals surface area contributed by atoms with Crippen LogP contribution in [0.25, 0.3) is 11.4 Å². The Kier molecular flexibility index (Phi) is 6.10. The Balaban J connectivity index is 1.39. The van der Waals surface area contributed by atoms with Crippen LogP contribution in [0.3, 0.4) is 0 Å². The van der Waals surface area contributed by atoms with E-state index in [-0.39, 0.29) is 24.1 Å². The Hall–Kier alpha value is -3.11. The Morgan fingerprint density at radius 3 is 2.52 bits per heavy atom. The summed E-state index contributed by atoms with van der Waals surface area (Å²) in [6, 6.07) is 4.91. The summed E-state index contributed by atoms with van der Waals surface area (Å²) in [4.78, 5) is 35.3. The van der Waals surface area contributed by atoms with Crippen molar-refractivity contribution in [3.8, 4) is 11.4 Å². The summed E-state index contributed by atoms with van der Waals surface area (Å²) in [5.74, 6) is -0.419. The summed E-state index contributed by atoms with van der Waals surface area (Å²) >= 11 is 12.2. The molecule has 0 unspecified atom stereocenters. The Labute approximate surface area is 186 Å². The maximum atomic E-state index is 12.8. The first-order valence-corrected chi connectivity index (χ1v) is 10.2. The van der Waals surface area contributed by atoms with Gasteiger partial charge in [-0.1, -0.05) is 23.2 Å². The van der Waals surface area contributed by atoms with Crippen LogP contribution >= 0.6 is 23.2 Å². The minimum absolute atomic E-state index is 0.000983. The van der Waals surface area contributed by atoms with Crippen molar-refractivity contribution in [1.29, 1.82) is 0 Å². The summed E-state index contributed by atoms with van der Waals surface area (Å²) < 4.78 is 0. The van der Waals surface area contributed by atoms with Crippen molar-refractivity contribution in [2.75, 3.05) is 18.0 Å². The summed E-state index contributed by atoms with van der Waals surface area (Å²) in [6.07, 6.45) is 4.43. The number of rotatable bonds is 6. The highest BCUT2D eigenvalue weighted by molar-refractivity contribution is 6.36. The number of aromatic nitrogens is 6. The van der Waals surface area contributed by atoms with E-state index in [1.54, 1.807) is 30.6 Å². The predicted molar refractivity (Wildman–Crippen MR) is 112 cm³/mol. The minimum atomic E-state index is -1.06. The third-order valence-corrected chi connectivity index (χ3v) is 5.53. The number of Topliss-reactive ketones (excluding diaryl/α,β-unsaturated/α-hetero) is 1. The van der Waals surface area contributed by atoms with Crippen molar-refractivity contribution in [2.24, 2.45) is 5.92 Å². The van der Waals surface area contributed by atoms with Crippen LogP contribution in [-0.4, -0.2) is 60.1 Å². The molecule has 0 aliphatic carbocycles. The van der Waals surface area contributed by atoms with Gasteiger partial charge in [-0.3, -0.25) is 9.59 Å². The molecule has 31 heavy (non-hydrogen) atoms. The number of halogens is 2. The summed E-state index contributed by atoms with van der Waals surface area (Å²) in [6.45, 7) is 0.877. The average Bonchev–Trinajstić information content (AvgIpc) is 3.23. The van der Waals surface area contributed by atoms with E-state index < -0.39 is 5.97 Å². The second kappa shape index (κ2) is 8.94. The number of piperidine rings is 1. The first-order chi connectivity index (χ1) is 14.9. The van der Waals surface area contributed by atoms with Gasteiger partial charge in [0.15, 0.2) is 12.3 Å². The molecule has 4 rings (SSSR count). The van der Waals surface area contributed by atoms with E-state index >= 15 is 0 Å². The molecule has 0 radical (unpaired) electrons. The number of aliphatic carboxylic acids is 1. The molecule has 3 heterocycles. The zero-order valence-corrected chi connectivity index (χ0v) is 17.7. The van der Waals surface area contributed by atoms with Gasteiger partial charge in [-0.2, -0.15) is 4.80 Å². The number of carboxylic acids is 1. The summed E-state index contributed by atoms with van der Waals surface area (Å²) in [5.41, 5.74) is 0.984. The lowest BCUT2D eigenvalue weighted by Crippen LogP contribution is -2.37. The van der Waals surface area contributed by atoms with Crippen LogP contribution in [0, 0.1) is 5.92 Å². The summed E-state index contributed by atoms with van der Waals surface area (Å²) in [7, 11) is 0. The molecule has 2 aromatic heterocycles. The molecular weight excluding hydrogens is 445 g/mol. The number of nitrogens with zero attached hydrogens (tertiary/aromatic N) is 7. The van der Waals surface area contributed by atoms with Gasteiger partial charge >= 0.3 is 5.97 Å². The lowest BCUT2D eigenvalue weighted by atomic mass is 9.89. The molecule has 1 fully saturated rings. The monoisotopic (exact) mass is 461 g/mol. The molecule has 0 bridgehead atoms. The van der Waals surface area contributed by atoms with Crippen LogP contribution in [0.15, 0.2) is 30.6 Å². The maximum Gasteiger partial charge on any atom is 0.327 e. The molecule has 1 saturated heterocycles. The number of carboxylic acid groups (broad SMARTS) is 1. The van der Waals surface area contributed by atoms with Crippen LogP contribution in [-0.2, 0) is 11.3 Å². The van der Waals surface area contributed by atoms with Gasteiger partial charge in [-0.15, -0.1) is 10.2 Å². The van der Waals surface area contributed by atoms with E-state index in [0.29, 0.717) is 53.1 Å². The van der Waals surface area contributed by atoms with Crippen LogP contribution in [0.1, 0.15) is 23.2 Å². The minimum Gasteiger partial charge on any atom is -0.480 e. The van der Waals surface area contributed by atoms with Gasteiger partial charge < -0.3 is 10.0 Å². The molecule has 0 atom stereocenters. The third kappa shape index (κ3) is 4.80. The van der Waals surface area contributed by atoms with Crippen LogP contribution in [0.4, 0.5) is 5.95 Å². The molecule has 3 aromatic rings. The van der Waals surface area contributed by atoms with Gasteiger partial charge in [0.25, 0.3) is 0 Å². The van der Waals surface area contributed by atoms with E-state index in [9.17, 15) is 9.59 Å². The number of anilines is 1. The fourth-order valence-electron chi connectivity index (χ4n) is 3.39. The highest BCUT2D eigenvalue weighted by atomic mass is 35.5. The number of carbonyl (C=O) groups is 2. The first-order valence-electron chi connectivity index (χ1n) is 9.47. The topological polar surface area (TPSA) is 127 Å². The number of ketones is 1. The second-order valence-electron chi connectivity index (χ2n) is 7.06. The molecule has 0 spiro atoms. The van der Waals surface area contributed by atoms with E-state index in [4.69, 9.17) is 28.3 Å². The van der Waals surface area contributed by atoms with E-state index in [1.807, 2.05) is 4.90 Å². The largest absolute Gasteiger partial charge is 0.480 e. The van der Waals surface area contributed by atoms with Crippen molar-refractivity contribution >= 4 is 40.9 Å². The number of hydrogen-bond donors (Lipinski definition) is 1. The van der Waals surface area contributed by atoms with E-state index in [1.165, 1.54) is 0 Å². The first kappa shape index (κ1) is 21.1. The Bertz CT molecular complexity index is 1110. The second-order valence-corrected chi connectivity index (χ2v) is 7.90. The normalized spacial score (nSPS) is 14.6. The van der Waals surface area contributed by atoms with E-state index in [2.05, 4.69) is 25.4 Å². The molecule has 1 aliphatic rings. The fourth-order valence-corrected chi connectivity index (χ4v) is 3.78. The SMILES string of the molecule is O=C(O)Cn1nnc(-c2cnc(N3CCC(C(=O)c4cc(Cl)ccc4Cl)CC3)nc2)n1. The smallest absolute Gasteiger partial charge is 0.327 e. The van der Waals surface area contributed by atoms with Crippen molar-refractivity contribution in [1.82, 2.24) is 30.2 Å². The molecule has 12 heteroatoms. The van der Waals surface area contributed by atoms with Crippen LogP contribution < -0.4 is 4.90 Å². The molecule has 1 aromatic carbocycles. The zero-order valence-electron chi connectivity index (χ0n) is 16.1. The third-order valence-electron chi connectivity index (χ3n) is 4.97. The predicted octanol–water partition coefficient (Wildman–Crippen LogP) is 2.62. The molecule has 10 nitrogen and oxygen atoms in total. The number of benzene rings is 1. The fraction of sp³-hybridized carbons (Fsp3) is 0.316. The molecule has 160 valence electrons. The van der Waals surface area contributed by atoms with Gasteiger partial charge in [0, 0.05) is 42.0 Å². The highest BCUT2D eigenvalue weighted by Crippen LogP contribution is 2.29. The molecule has 0 saturated carbocycles. The lowest BCUT2D eigenvalue weighted by Gasteiger charge is -2.31. The number of carbonyl (C=O) groups excluding carboxylic acids is 1. The van der Waals surface area contributed by atoms with Gasteiger partial charge in [-0.05, 0) is 36.3 Å². The van der Waals surface area contributed by atoms with Crippen molar-refractivity contribution < 1.29 is 14.7 Å². The zero-order chi connectivity index (χ0) is 22.0. The lowest BCUT2D eigenvalue weighted by molar-refractivity contribution is -0.138. The average molecular weight is 462 g/mol. The Morgan fingerprint density at radius 2 is 1.84 bits per heavy atom. The Morgan fingerprint density at radius 1 is 1.13 bits per heavy atom. The van der Waals surface area contributed by atoms with E-state index in [0.717, 1.165) is 4.80 Å². The maximum absolute atomic E-state index is 12.8. The standard InChI is InChI=1S/C19H17Cl2N7O3/c20-13-1-2-15(21)14(7-13)17(31)11-3-5-27(6-4-11)19-22-8-12(9-23-19)18-24-26-28(25-18)10-16(29)30/h1-2,7-9,11H,3-6,10H2,(H,29,30). The van der Waals surface area contributed by atoms with Gasteiger partial charge in [0.1, 0.15) is 0 Å². The van der Waals surface area contributed by atoms with Gasteiger partial charge in [0.05, 0.1) is 10.6 Å². The highest BCUT2D eigenvalue weighted by Gasteiger charge is 2.28. The van der Waals surface area contributed by atoms with Crippen molar-refractivity contribution in [3.05, 3.63) is 46.2 Å². The van der Waals surface area contributed by atoms with Gasteiger partial charge in [-0.25, -0.2) is 9.97 Å². The van der Waals surface area contributed by atoms with Crippen LogP contribution in [0.2, 0.25) is 10.0 Å². The number of hydrogen-bond acceptors (Lipinski definition) is 8. The summed E-state index contributed by atoms with van der Waals surface area (Å²) in [5, 5.41) is 21.2. The molecule has 0 amide bonds. The van der Waals surface area contributed by atoms with Crippen molar-refractivity contribution in [3.63, 3.8) is 0 Å². The molecule has 1 N–H and O–H groups in total. The van der Waals surface area contributed by atoms with Crippen LogP contribution in [0.5, 0.6) is 0 Å². The van der Waals surface area contributed by atoms with Crippen molar-refractivity contribution in [2.45, 2.75) is 19.4 Å². The quantitative estimate of drug-likeness (QED) is 0.550. The number of tetrazole rings is 1. The van der Waals surface area contributed by atoms with Gasteiger partial charge in [0.2, 0.25) is 11.8 Å².